The second kappa shape index (κ2) is 11.1. The number of amides is 1. The molecule has 0 bridgehead atoms. The van der Waals surface area contributed by atoms with E-state index in [9.17, 15) is 9.90 Å². The van der Waals surface area contributed by atoms with Crippen molar-refractivity contribution in [1.82, 2.24) is 19.5 Å². The molecule has 5 rings (SSSR count). The smallest absolute Gasteiger partial charge is 0.291 e. The predicted octanol–water partition coefficient (Wildman–Crippen LogP) is 5.94. The van der Waals surface area contributed by atoms with Crippen LogP contribution in [0.15, 0.2) is 83.7 Å². The minimum atomic E-state index is -0.536. The van der Waals surface area contributed by atoms with Crippen LogP contribution in [0.5, 0.6) is 0 Å². The molecule has 2 aromatic carbocycles. The minimum absolute atomic E-state index is 0.126. The first-order chi connectivity index (χ1) is 18.4. The molecule has 0 aliphatic carbocycles. The zero-order valence-electron chi connectivity index (χ0n) is 20.1. The van der Waals surface area contributed by atoms with Gasteiger partial charge in [0, 0.05) is 47.0 Å². The van der Waals surface area contributed by atoms with Crippen molar-refractivity contribution in [3.63, 3.8) is 0 Å². The summed E-state index contributed by atoms with van der Waals surface area (Å²) in [6.07, 6.45) is 4.54. The number of hydrogen-bond donors (Lipinski definition) is 3. The molecule has 0 saturated carbocycles. The largest absolute Gasteiger partial charge is 0.451 e. The van der Waals surface area contributed by atoms with E-state index in [1.54, 1.807) is 68.0 Å². The summed E-state index contributed by atoms with van der Waals surface area (Å²) in [6, 6.07) is 17.3. The number of carbonyl (C=O) groups is 1. The van der Waals surface area contributed by atoms with Crippen LogP contribution in [-0.4, -0.2) is 43.2 Å². The molecular formula is C27H22Cl2N6O3. The van der Waals surface area contributed by atoms with Gasteiger partial charge in [-0.15, -0.1) is 0 Å². The van der Waals surface area contributed by atoms with E-state index >= 15 is 0 Å². The third kappa shape index (κ3) is 5.70. The lowest BCUT2D eigenvalue weighted by Gasteiger charge is -2.11. The molecule has 38 heavy (non-hydrogen) atoms. The molecule has 1 amide bonds. The zero-order chi connectivity index (χ0) is 26.6. The Hall–Kier alpha value is -4.18. The van der Waals surface area contributed by atoms with Crippen LogP contribution in [0.4, 0.5) is 11.6 Å². The third-order valence-electron chi connectivity index (χ3n) is 5.49. The van der Waals surface area contributed by atoms with Crippen LogP contribution in [0.2, 0.25) is 10.0 Å². The number of nitrogens with one attached hydrogen (secondary N) is 2. The van der Waals surface area contributed by atoms with Crippen LogP contribution < -0.4 is 10.6 Å². The molecule has 192 valence electrons. The fourth-order valence-corrected chi connectivity index (χ4v) is 4.11. The maximum absolute atomic E-state index is 12.9. The van der Waals surface area contributed by atoms with Gasteiger partial charge in [0.15, 0.2) is 5.76 Å². The number of furan rings is 1. The molecule has 0 aliphatic heterocycles. The Morgan fingerprint density at radius 3 is 2.79 bits per heavy atom. The summed E-state index contributed by atoms with van der Waals surface area (Å²) in [5.74, 6) is 1.75. The molecule has 3 heterocycles. The summed E-state index contributed by atoms with van der Waals surface area (Å²) < 4.78 is 7.57. The second-order valence-electron chi connectivity index (χ2n) is 8.41. The Kier molecular flexibility index (Phi) is 7.41. The Labute approximate surface area is 228 Å². The molecule has 9 nitrogen and oxygen atoms in total. The highest BCUT2D eigenvalue weighted by Gasteiger charge is 2.16. The lowest BCUT2D eigenvalue weighted by molar-refractivity contribution is 0.0997. The molecule has 3 N–H and O–H groups in total. The molecule has 0 unspecified atom stereocenters. The van der Waals surface area contributed by atoms with Gasteiger partial charge in [-0.3, -0.25) is 9.36 Å². The number of halogens is 2. The second-order valence-corrected chi connectivity index (χ2v) is 9.26. The Morgan fingerprint density at radius 1 is 1.08 bits per heavy atom. The van der Waals surface area contributed by atoms with Gasteiger partial charge in [0.1, 0.15) is 17.4 Å². The molecular weight excluding hydrogens is 527 g/mol. The van der Waals surface area contributed by atoms with E-state index in [1.807, 2.05) is 22.8 Å². The number of anilines is 2. The summed E-state index contributed by atoms with van der Waals surface area (Å²) in [5.41, 5.74) is 1.92. The molecule has 0 fully saturated rings. The SMILES string of the molecule is C[C@H](O)CNc1nccc(-n2ccnc2-c2cccc(NC(=O)c3ccc(-c4cc(Cl)ccc4Cl)o3)c2)n1. The number of benzene rings is 2. The third-order valence-corrected chi connectivity index (χ3v) is 6.05. The number of nitrogens with zero attached hydrogens (tertiary/aromatic N) is 4. The maximum Gasteiger partial charge on any atom is 0.291 e. The normalized spacial score (nSPS) is 11.8. The van der Waals surface area contributed by atoms with E-state index in [-0.39, 0.29) is 5.76 Å². The number of aliphatic hydroxyl groups excluding tert-OH is 1. The first-order valence-electron chi connectivity index (χ1n) is 11.6. The van der Waals surface area contributed by atoms with E-state index in [1.165, 1.54) is 0 Å². The summed E-state index contributed by atoms with van der Waals surface area (Å²) in [6.45, 7) is 2.00. The highest BCUT2D eigenvalue weighted by Crippen LogP contribution is 2.32. The Bertz CT molecular complexity index is 1600. The molecule has 1 atom stereocenters. The van der Waals surface area contributed by atoms with E-state index < -0.39 is 12.0 Å². The van der Waals surface area contributed by atoms with Gasteiger partial charge >= 0.3 is 0 Å². The van der Waals surface area contributed by atoms with Crippen molar-refractivity contribution < 1.29 is 14.3 Å². The van der Waals surface area contributed by atoms with E-state index in [0.29, 0.717) is 51.2 Å². The summed E-state index contributed by atoms with van der Waals surface area (Å²) in [7, 11) is 0. The summed E-state index contributed by atoms with van der Waals surface area (Å²) in [5, 5.41) is 16.3. The van der Waals surface area contributed by atoms with Gasteiger partial charge in [-0.1, -0.05) is 35.3 Å². The van der Waals surface area contributed by atoms with Gasteiger partial charge in [0.25, 0.3) is 5.91 Å². The molecule has 11 heteroatoms. The van der Waals surface area contributed by atoms with E-state index in [0.717, 1.165) is 5.56 Å². The van der Waals surface area contributed by atoms with Gasteiger partial charge in [-0.05, 0) is 55.5 Å². The highest BCUT2D eigenvalue weighted by atomic mass is 35.5. The quantitative estimate of drug-likeness (QED) is 0.219. The average molecular weight is 549 g/mol. The van der Waals surface area contributed by atoms with Crippen LogP contribution >= 0.6 is 23.2 Å². The first-order valence-corrected chi connectivity index (χ1v) is 12.4. The lowest BCUT2D eigenvalue weighted by Crippen LogP contribution is -2.17. The van der Waals surface area contributed by atoms with E-state index in [4.69, 9.17) is 27.6 Å². The predicted molar refractivity (Wildman–Crippen MR) is 147 cm³/mol. The molecule has 5 aromatic rings. The number of hydrogen-bond acceptors (Lipinski definition) is 7. The van der Waals surface area contributed by atoms with Gasteiger partial charge in [0.2, 0.25) is 5.95 Å². The average Bonchev–Trinajstić information content (AvgIpc) is 3.60. The monoisotopic (exact) mass is 548 g/mol. The van der Waals surface area contributed by atoms with Crippen LogP contribution in [0.1, 0.15) is 17.5 Å². The van der Waals surface area contributed by atoms with E-state index in [2.05, 4.69) is 25.6 Å². The van der Waals surface area contributed by atoms with Gasteiger partial charge in [-0.2, -0.15) is 4.98 Å². The van der Waals surface area contributed by atoms with Gasteiger partial charge in [-0.25, -0.2) is 9.97 Å². The molecule has 0 spiro atoms. The van der Waals surface area contributed by atoms with Crippen LogP contribution in [0, 0.1) is 0 Å². The highest BCUT2D eigenvalue weighted by molar-refractivity contribution is 6.35. The minimum Gasteiger partial charge on any atom is -0.451 e. The summed E-state index contributed by atoms with van der Waals surface area (Å²) >= 11 is 12.3. The number of imidazole rings is 1. The number of aliphatic hydroxyl groups is 1. The van der Waals surface area contributed by atoms with Crippen molar-refractivity contribution >= 4 is 40.7 Å². The Morgan fingerprint density at radius 2 is 1.95 bits per heavy atom. The molecule has 3 aromatic heterocycles. The standard InChI is InChI=1S/C27H22Cl2N6O3/c1-16(36)15-32-27-31-10-9-24(34-27)35-12-11-30-25(35)17-3-2-4-19(13-17)33-26(37)23-8-7-22(38-23)20-14-18(28)5-6-21(20)29/h2-14,16,36H,15H2,1H3,(H,33,37)(H,31,32,34)/t16-/m0/s1. The molecule has 0 radical (unpaired) electrons. The zero-order valence-corrected chi connectivity index (χ0v) is 21.6. The fourth-order valence-electron chi connectivity index (χ4n) is 3.73. The molecule has 0 aliphatic rings. The van der Waals surface area contributed by atoms with Crippen molar-refractivity contribution in [3.05, 3.63) is 95.1 Å². The van der Waals surface area contributed by atoms with Crippen LogP contribution in [0.25, 0.3) is 28.5 Å². The summed E-state index contributed by atoms with van der Waals surface area (Å²) in [4.78, 5) is 26.1. The molecule has 0 saturated heterocycles. The van der Waals surface area contributed by atoms with Crippen molar-refractivity contribution in [3.8, 4) is 28.5 Å². The van der Waals surface area contributed by atoms with Crippen LogP contribution in [-0.2, 0) is 0 Å². The number of carbonyl (C=O) groups excluding carboxylic acids is 1. The lowest BCUT2D eigenvalue weighted by atomic mass is 10.2. The van der Waals surface area contributed by atoms with Crippen molar-refractivity contribution in [2.45, 2.75) is 13.0 Å². The van der Waals surface area contributed by atoms with Crippen molar-refractivity contribution in [2.75, 3.05) is 17.2 Å². The van der Waals surface area contributed by atoms with Gasteiger partial charge in [0.05, 0.1) is 11.1 Å². The van der Waals surface area contributed by atoms with Gasteiger partial charge < -0.3 is 20.2 Å². The van der Waals surface area contributed by atoms with Crippen molar-refractivity contribution in [2.24, 2.45) is 0 Å². The maximum atomic E-state index is 12.9. The first kappa shape index (κ1) is 25.5. The number of rotatable bonds is 8. The fraction of sp³-hybridized carbons (Fsp3) is 0.111. The van der Waals surface area contributed by atoms with Crippen molar-refractivity contribution in [1.29, 1.82) is 0 Å². The number of aromatic nitrogens is 4. The Balaban J connectivity index is 1.35. The topological polar surface area (TPSA) is 118 Å². The van der Waals surface area contributed by atoms with Crippen LogP contribution in [0.3, 0.4) is 0 Å².